The summed E-state index contributed by atoms with van der Waals surface area (Å²) < 4.78 is 6.09. The summed E-state index contributed by atoms with van der Waals surface area (Å²) in [6, 6.07) is 24.2. The van der Waals surface area contributed by atoms with Crippen LogP contribution in [0.2, 0.25) is 0 Å². The highest BCUT2D eigenvalue weighted by Crippen LogP contribution is 2.39. The maximum Gasteiger partial charge on any atom is 0.253 e. The number of amides is 1. The van der Waals surface area contributed by atoms with Crippen molar-refractivity contribution >= 4 is 23.0 Å². The zero-order valence-electron chi connectivity index (χ0n) is 18.7. The molecule has 1 fully saturated rings. The average molecular weight is 443 g/mol. The second kappa shape index (κ2) is 9.55. The summed E-state index contributed by atoms with van der Waals surface area (Å²) in [7, 11) is 0. The Bertz CT molecular complexity index is 1080. The number of fused-ring (bicyclic) bond motifs is 2. The molecule has 0 aromatic heterocycles. The van der Waals surface area contributed by atoms with Crippen molar-refractivity contribution < 1.29 is 9.53 Å². The van der Waals surface area contributed by atoms with Gasteiger partial charge in [0.05, 0.1) is 11.3 Å². The number of anilines is 3. The lowest BCUT2D eigenvalue weighted by Crippen LogP contribution is -2.46. The molecule has 0 aliphatic carbocycles. The molecule has 0 spiro atoms. The van der Waals surface area contributed by atoms with Gasteiger partial charge >= 0.3 is 0 Å². The quantitative estimate of drug-likeness (QED) is 0.580. The van der Waals surface area contributed by atoms with E-state index < -0.39 is 0 Å². The van der Waals surface area contributed by atoms with Crippen LogP contribution in [0.15, 0.2) is 72.8 Å². The lowest BCUT2D eigenvalue weighted by molar-refractivity contribution is 0.0913. The molecule has 3 N–H and O–H groups in total. The van der Waals surface area contributed by atoms with Crippen LogP contribution in [0.25, 0.3) is 0 Å². The fourth-order valence-electron chi connectivity index (χ4n) is 4.73. The summed E-state index contributed by atoms with van der Waals surface area (Å²) in [4.78, 5) is 17.5. The zero-order valence-corrected chi connectivity index (χ0v) is 18.7. The van der Waals surface area contributed by atoms with Crippen molar-refractivity contribution in [2.24, 2.45) is 0 Å². The van der Waals surface area contributed by atoms with Crippen molar-refractivity contribution in [3.63, 3.8) is 0 Å². The second-order valence-electron chi connectivity index (χ2n) is 8.71. The fraction of sp³-hybridized carbons (Fsp3) is 0.296. The number of nitrogens with zero attached hydrogens (tertiary/aromatic N) is 2. The number of likely N-dealkylation sites (tertiary alicyclic amines) is 1. The lowest BCUT2D eigenvalue weighted by Gasteiger charge is -2.34. The molecule has 2 aliphatic rings. The zero-order chi connectivity index (χ0) is 22.6. The van der Waals surface area contributed by atoms with Crippen molar-refractivity contribution in [2.45, 2.75) is 25.5 Å². The molecule has 1 saturated heterocycles. The number of carbonyl (C=O) groups is 1. The van der Waals surface area contributed by atoms with Gasteiger partial charge in [-0.05, 0) is 43.2 Å². The van der Waals surface area contributed by atoms with Crippen LogP contribution < -0.4 is 20.7 Å². The minimum Gasteiger partial charge on any atom is -0.487 e. The topological polar surface area (TPSA) is 70.8 Å². The van der Waals surface area contributed by atoms with Gasteiger partial charge in [-0.3, -0.25) is 4.79 Å². The average Bonchev–Trinajstić information content (AvgIpc) is 3.01. The largest absolute Gasteiger partial charge is 0.487 e. The van der Waals surface area contributed by atoms with Crippen molar-refractivity contribution in [3.05, 3.63) is 83.9 Å². The number of benzene rings is 3. The van der Waals surface area contributed by atoms with E-state index in [1.54, 1.807) is 12.1 Å². The van der Waals surface area contributed by atoms with Crippen molar-refractivity contribution in [2.75, 3.05) is 36.8 Å². The highest BCUT2D eigenvalue weighted by Gasteiger charge is 2.25. The van der Waals surface area contributed by atoms with Gasteiger partial charge in [-0.1, -0.05) is 42.5 Å². The van der Waals surface area contributed by atoms with Crippen LogP contribution in [0.4, 0.5) is 17.1 Å². The van der Waals surface area contributed by atoms with E-state index in [4.69, 9.17) is 10.5 Å². The van der Waals surface area contributed by atoms with E-state index in [0.29, 0.717) is 17.9 Å². The first-order chi connectivity index (χ1) is 16.2. The minimum atomic E-state index is -0.0793. The first kappa shape index (κ1) is 21.3. The molecule has 5 rings (SSSR count). The SMILES string of the molecule is Nc1ccccc1C(=O)NC1CCN(CCN2c3ccccc3COc3ccccc32)CC1. The van der Waals surface area contributed by atoms with Crippen LogP contribution in [0.3, 0.4) is 0 Å². The molecule has 170 valence electrons. The lowest BCUT2D eigenvalue weighted by atomic mass is 10.0. The summed E-state index contributed by atoms with van der Waals surface area (Å²) in [5.74, 6) is 0.847. The van der Waals surface area contributed by atoms with Gasteiger partial charge in [0.2, 0.25) is 0 Å². The van der Waals surface area contributed by atoms with Gasteiger partial charge in [-0.2, -0.15) is 0 Å². The molecule has 1 amide bonds. The number of rotatable bonds is 5. The van der Waals surface area contributed by atoms with Crippen LogP contribution in [0.5, 0.6) is 5.75 Å². The number of nitrogen functional groups attached to an aromatic ring is 1. The summed E-state index contributed by atoms with van der Waals surface area (Å²) in [6.07, 6.45) is 1.88. The highest BCUT2D eigenvalue weighted by molar-refractivity contribution is 5.99. The molecule has 2 heterocycles. The number of hydrogen-bond donors (Lipinski definition) is 2. The minimum absolute atomic E-state index is 0.0793. The van der Waals surface area contributed by atoms with Gasteiger partial charge < -0.3 is 25.6 Å². The monoisotopic (exact) mass is 442 g/mol. The normalized spacial score (nSPS) is 16.3. The van der Waals surface area contributed by atoms with Crippen LogP contribution in [-0.2, 0) is 6.61 Å². The third kappa shape index (κ3) is 4.66. The smallest absolute Gasteiger partial charge is 0.253 e. The van der Waals surface area contributed by atoms with E-state index >= 15 is 0 Å². The Labute approximate surface area is 195 Å². The molecule has 0 atom stereocenters. The number of piperidine rings is 1. The van der Waals surface area contributed by atoms with Gasteiger partial charge in [0.15, 0.2) is 0 Å². The first-order valence-electron chi connectivity index (χ1n) is 11.6. The molecular formula is C27H30N4O2. The molecule has 33 heavy (non-hydrogen) atoms. The second-order valence-corrected chi connectivity index (χ2v) is 8.71. The molecule has 6 nitrogen and oxygen atoms in total. The van der Waals surface area contributed by atoms with Gasteiger partial charge in [0.1, 0.15) is 12.4 Å². The molecular weight excluding hydrogens is 412 g/mol. The van der Waals surface area contributed by atoms with E-state index in [9.17, 15) is 4.79 Å². The van der Waals surface area contributed by atoms with Crippen LogP contribution >= 0.6 is 0 Å². The third-order valence-electron chi connectivity index (χ3n) is 6.59. The molecule has 3 aromatic rings. The number of carbonyl (C=O) groups excluding carboxylic acids is 1. The Hall–Kier alpha value is -3.51. The Kier molecular flexibility index (Phi) is 6.17. The standard InChI is InChI=1S/C27H30N4O2/c28-23-9-3-2-8-22(23)27(32)29-21-13-15-30(16-14-21)17-18-31-24-10-4-1-7-20(24)19-33-26-12-6-5-11-25(26)31/h1-12,21H,13-19,28H2,(H,29,32). The molecule has 0 bridgehead atoms. The van der Waals surface area contributed by atoms with Crippen LogP contribution in [-0.4, -0.2) is 43.0 Å². The van der Waals surface area contributed by atoms with Crippen molar-refractivity contribution in [1.29, 1.82) is 0 Å². The van der Waals surface area contributed by atoms with E-state index in [2.05, 4.69) is 51.5 Å². The van der Waals surface area contributed by atoms with Crippen molar-refractivity contribution in [3.8, 4) is 5.75 Å². The fourth-order valence-corrected chi connectivity index (χ4v) is 4.73. The summed E-state index contributed by atoms with van der Waals surface area (Å²) in [5.41, 5.74) is 10.6. The van der Waals surface area contributed by atoms with Crippen molar-refractivity contribution in [1.82, 2.24) is 10.2 Å². The summed E-state index contributed by atoms with van der Waals surface area (Å²) in [6.45, 7) is 4.34. The number of ether oxygens (including phenoxy) is 1. The van der Waals surface area contributed by atoms with E-state index in [1.807, 2.05) is 24.3 Å². The number of nitrogens with one attached hydrogen (secondary N) is 1. The Morgan fingerprint density at radius 2 is 1.61 bits per heavy atom. The molecule has 0 radical (unpaired) electrons. The third-order valence-corrected chi connectivity index (χ3v) is 6.59. The molecule has 6 heteroatoms. The van der Waals surface area contributed by atoms with Crippen LogP contribution in [0.1, 0.15) is 28.8 Å². The molecule has 0 unspecified atom stereocenters. The van der Waals surface area contributed by atoms with E-state index in [0.717, 1.165) is 50.5 Å². The number of hydrogen-bond acceptors (Lipinski definition) is 5. The summed E-state index contributed by atoms with van der Waals surface area (Å²) in [5, 5.41) is 3.16. The van der Waals surface area contributed by atoms with Gasteiger partial charge in [0, 0.05) is 49.2 Å². The first-order valence-corrected chi connectivity index (χ1v) is 11.6. The number of para-hydroxylation sites is 4. The predicted molar refractivity (Wildman–Crippen MR) is 132 cm³/mol. The highest BCUT2D eigenvalue weighted by atomic mass is 16.5. The Balaban J connectivity index is 1.20. The maximum absolute atomic E-state index is 12.6. The molecule has 0 saturated carbocycles. The molecule has 2 aliphatic heterocycles. The molecule has 3 aromatic carbocycles. The maximum atomic E-state index is 12.6. The van der Waals surface area contributed by atoms with E-state index in [-0.39, 0.29) is 11.9 Å². The number of nitrogens with two attached hydrogens (primary N) is 1. The van der Waals surface area contributed by atoms with Crippen LogP contribution in [0, 0.1) is 0 Å². The van der Waals surface area contributed by atoms with Gasteiger partial charge in [-0.15, -0.1) is 0 Å². The van der Waals surface area contributed by atoms with Gasteiger partial charge in [0.25, 0.3) is 5.91 Å². The van der Waals surface area contributed by atoms with Gasteiger partial charge in [-0.25, -0.2) is 0 Å². The predicted octanol–water partition coefficient (Wildman–Crippen LogP) is 4.19. The Morgan fingerprint density at radius 3 is 2.42 bits per heavy atom. The summed E-state index contributed by atoms with van der Waals surface area (Å²) >= 11 is 0. The Morgan fingerprint density at radius 1 is 0.909 bits per heavy atom. The van der Waals surface area contributed by atoms with E-state index in [1.165, 1.54) is 11.3 Å².